The minimum absolute atomic E-state index is 0.0449. The summed E-state index contributed by atoms with van der Waals surface area (Å²) in [5.74, 6) is -1.91. The van der Waals surface area contributed by atoms with Crippen molar-refractivity contribution in [2.45, 2.75) is 25.5 Å². The number of aryl methyl sites for hydroxylation is 1. The molecule has 0 saturated heterocycles. The van der Waals surface area contributed by atoms with Gasteiger partial charge in [0.15, 0.2) is 6.10 Å². The van der Waals surface area contributed by atoms with Crippen molar-refractivity contribution in [3.8, 4) is 11.1 Å². The molecule has 1 atom stereocenters. The van der Waals surface area contributed by atoms with Crippen LogP contribution in [0.4, 0.5) is 4.79 Å². The summed E-state index contributed by atoms with van der Waals surface area (Å²) in [7, 11) is 1.55. The molecule has 10 nitrogen and oxygen atoms in total. The second-order valence-corrected chi connectivity index (χ2v) is 7.85. The topological polar surface area (TPSA) is 132 Å². The van der Waals surface area contributed by atoms with E-state index in [-0.39, 0.29) is 24.8 Å². The van der Waals surface area contributed by atoms with Crippen LogP contribution < -0.4 is 10.8 Å². The summed E-state index contributed by atoms with van der Waals surface area (Å²) in [6.07, 6.45) is -1.80. The highest BCUT2D eigenvalue weighted by Crippen LogP contribution is 2.44. The van der Waals surface area contributed by atoms with Crippen LogP contribution in [0.1, 0.15) is 40.2 Å². The zero-order chi connectivity index (χ0) is 24.2. The Kier molecular flexibility index (Phi) is 6.60. The normalized spacial score (nSPS) is 13.0. The van der Waals surface area contributed by atoms with Gasteiger partial charge in [-0.1, -0.05) is 48.5 Å². The molecule has 4 rings (SSSR count). The molecule has 1 heterocycles. The van der Waals surface area contributed by atoms with Crippen LogP contribution in [0.5, 0.6) is 0 Å². The number of carbonyl (C=O) groups is 3. The van der Waals surface area contributed by atoms with Gasteiger partial charge in [0.1, 0.15) is 12.3 Å². The second kappa shape index (κ2) is 9.75. The molecular weight excluding hydrogens is 440 g/mol. The quantitative estimate of drug-likeness (QED) is 0.437. The average molecular weight is 464 g/mol. The van der Waals surface area contributed by atoms with E-state index in [1.807, 2.05) is 36.4 Å². The van der Waals surface area contributed by atoms with E-state index < -0.39 is 24.1 Å². The van der Waals surface area contributed by atoms with Crippen molar-refractivity contribution in [1.29, 1.82) is 0 Å². The summed E-state index contributed by atoms with van der Waals surface area (Å²) in [6, 6.07) is 17.6. The Bertz CT molecular complexity index is 1190. The predicted octanol–water partition coefficient (Wildman–Crippen LogP) is 2.59. The van der Waals surface area contributed by atoms with Crippen LogP contribution in [-0.4, -0.2) is 45.6 Å². The highest BCUT2D eigenvalue weighted by Gasteiger charge is 2.29. The number of benzene rings is 2. The molecule has 3 N–H and O–H groups in total. The van der Waals surface area contributed by atoms with Crippen molar-refractivity contribution in [3.05, 3.63) is 77.1 Å². The number of rotatable bonds is 8. The average Bonchev–Trinajstić information content (AvgIpc) is 3.37. The zero-order valence-electron chi connectivity index (χ0n) is 18.6. The van der Waals surface area contributed by atoms with Crippen molar-refractivity contribution in [2.24, 2.45) is 7.05 Å². The fourth-order valence-corrected chi connectivity index (χ4v) is 3.88. The first-order valence-electron chi connectivity index (χ1n) is 10.7. The molecule has 0 saturated carbocycles. The van der Waals surface area contributed by atoms with Crippen molar-refractivity contribution < 1.29 is 29.1 Å². The summed E-state index contributed by atoms with van der Waals surface area (Å²) >= 11 is 0. The Morgan fingerprint density at radius 2 is 1.71 bits per heavy atom. The van der Waals surface area contributed by atoms with E-state index >= 15 is 0 Å². The molecule has 0 fully saturated rings. The number of aliphatic carboxylic acids is 1. The third-order valence-electron chi connectivity index (χ3n) is 5.60. The molecule has 1 aliphatic rings. The Hall–Kier alpha value is -4.18. The molecule has 0 bridgehead atoms. The van der Waals surface area contributed by atoms with Crippen LogP contribution in [-0.2, 0) is 28.0 Å². The fourth-order valence-electron chi connectivity index (χ4n) is 3.88. The molecule has 10 heteroatoms. The molecule has 0 spiro atoms. The number of carboxylic acid groups (broad SMARTS) is 1. The van der Waals surface area contributed by atoms with Crippen LogP contribution in [0, 0.1) is 0 Å². The number of hydroxylamine groups is 1. The molecule has 176 valence electrons. The predicted molar refractivity (Wildman–Crippen MR) is 121 cm³/mol. The van der Waals surface area contributed by atoms with Gasteiger partial charge in [-0.05, 0) is 35.2 Å². The third kappa shape index (κ3) is 4.76. The molecule has 3 aromatic rings. The summed E-state index contributed by atoms with van der Waals surface area (Å²) < 4.78 is 6.80. The Balaban J connectivity index is 1.32. The Morgan fingerprint density at radius 3 is 2.32 bits per heavy atom. The van der Waals surface area contributed by atoms with Crippen molar-refractivity contribution in [2.75, 3.05) is 6.61 Å². The maximum atomic E-state index is 12.3. The summed E-state index contributed by atoms with van der Waals surface area (Å²) in [5, 5.41) is 15.6. The molecule has 2 amide bonds. The van der Waals surface area contributed by atoms with Crippen LogP contribution >= 0.6 is 0 Å². The molecule has 1 unspecified atom stereocenters. The molecular formula is C24H24N4O6. The first kappa shape index (κ1) is 23.0. The monoisotopic (exact) mass is 464 g/mol. The maximum Gasteiger partial charge on any atom is 0.407 e. The molecule has 0 radical (unpaired) electrons. The number of nitrogens with zero attached hydrogens (tertiary/aromatic N) is 2. The van der Waals surface area contributed by atoms with Gasteiger partial charge in [0.05, 0.1) is 12.2 Å². The molecule has 0 aliphatic heterocycles. The lowest BCUT2D eigenvalue weighted by Crippen LogP contribution is -2.33. The van der Waals surface area contributed by atoms with Gasteiger partial charge in [0.2, 0.25) is 0 Å². The van der Waals surface area contributed by atoms with E-state index in [1.165, 1.54) is 17.7 Å². The lowest BCUT2D eigenvalue weighted by atomic mass is 9.98. The summed E-state index contributed by atoms with van der Waals surface area (Å²) in [6.45, 7) is 1.52. The smallest absolute Gasteiger partial charge is 0.407 e. The van der Waals surface area contributed by atoms with Crippen LogP contribution in [0.15, 0.2) is 54.6 Å². The zero-order valence-corrected chi connectivity index (χ0v) is 18.6. The number of carboxylic acids is 1. The van der Waals surface area contributed by atoms with Crippen LogP contribution in [0.2, 0.25) is 0 Å². The van der Waals surface area contributed by atoms with Gasteiger partial charge in [-0.2, -0.15) is 5.10 Å². The third-order valence-corrected chi connectivity index (χ3v) is 5.60. The number of amides is 2. The van der Waals surface area contributed by atoms with Crippen molar-refractivity contribution in [1.82, 2.24) is 20.6 Å². The summed E-state index contributed by atoms with van der Waals surface area (Å²) in [5.41, 5.74) is 7.17. The number of hydrogen-bond acceptors (Lipinski definition) is 6. The largest absolute Gasteiger partial charge is 0.479 e. The van der Waals surface area contributed by atoms with Crippen LogP contribution in [0.25, 0.3) is 11.1 Å². The lowest BCUT2D eigenvalue weighted by molar-refractivity contribution is -0.152. The Labute approximate surface area is 195 Å². The number of fused-ring (bicyclic) bond motifs is 3. The number of carbonyl (C=O) groups excluding carboxylic acids is 2. The van der Waals surface area contributed by atoms with E-state index in [9.17, 15) is 14.4 Å². The van der Waals surface area contributed by atoms with E-state index in [4.69, 9.17) is 14.7 Å². The number of alkyl carbamates (subject to hydrolysis) is 1. The first-order valence-corrected chi connectivity index (χ1v) is 10.7. The molecule has 1 aliphatic carbocycles. The number of ether oxygens (including phenoxy) is 1. The lowest BCUT2D eigenvalue weighted by Gasteiger charge is -2.14. The molecule has 1 aromatic heterocycles. The standard InChI is InChI=1S/C24H24N4O6/c1-14(23(30)31)34-27-22(29)21-11-15(26-28(21)2)12-25-24(32)33-13-20-18-9-5-3-7-16(18)17-8-4-6-10-19(17)20/h3-11,14,20H,12-13H2,1-2H3,(H,25,32)(H,27,29)(H,30,31). The first-order chi connectivity index (χ1) is 16.3. The van der Waals surface area contributed by atoms with Crippen molar-refractivity contribution >= 4 is 18.0 Å². The fraction of sp³-hybridized carbons (Fsp3) is 0.250. The molecule has 2 aromatic carbocycles. The van der Waals surface area contributed by atoms with E-state index in [0.29, 0.717) is 5.69 Å². The van der Waals surface area contributed by atoms with Gasteiger partial charge < -0.3 is 15.2 Å². The number of nitrogens with one attached hydrogen (secondary N) is 2. The van der Waals surface area contributed by atoms with Gasteiger partial charge in [-0.25, -0.2) is 15.1 Å². The van der Waals surface area contributed by atoms with Gasteiger partial charge >= 0.3 is 12.1 Å². The maximum absolute atomic E-state index is 12.3. The minimum Gasteiger partial charge on any atom is -0.479 e. The van der Waals surface area contributed by atoms with Gasteiger partial charge in [0, 0.05) is 13.0 Å². The van der Waals surface area contributed by atoms with Gasteiger partial charge in [-0.3, -0.25) is 14.3 Å². The number of hydrogen-bond donors (Lipinski definition) is 3. The van der Waals surface area contributed by atoms with Crippen molar-refractivity contribution in [3.63, 3.8) is 0 Å². The summed E-state index contributed by atoms with van der Waals surface area (Å²) in [4.78, 5) is 40.1. The highest BCUT2D eigenvalue weighted by molar-refractivity contribution is 5.92. The SMILES string of the molecule is CC(ONC(=O)c1cc(CNC(=O)OCC2c3ccccc3-c3ccccc32)nn1C)C(=O)O. The second-order valence-electron chi connectivity index (χ2n) is 7.85. The van der Waals surface area contributed by atoms with E-state index in [2.05, 4.69) is 28.0 Å². The van der Waals surface area contributed by atoms with Gasteiger partial charge in [0.25, 0.3) is 5.91 Å². The Morgan fingerprint density at radius 1 is 1.09 bits per heavy atom. The van der Waals surface area contributed by atoms with Crippen LogP contribution in [0.3, 0.4) is 0 Å². The number of aromatic nitrogens is 2. The highest BCUT2D eigenvalue weighted by atomic mass is 16.7. The minimum atomic E-state index is -1.21. The van der Waals surface area contributed by atoms with E-state index in [1.54, 1.807) is 7.05 Å². The molecule has 34 heavy (non-hydrogen) atoms. The van der Waals surface area contributed by atoms with E-state index in [0.717, 1.165) is 22.3 Å². The van der Waals surface area contributed by atoms with Gasteiger partial charge in [-0.15, -0.1) is 0 Å².